The number of hydrogen-bond acceptors (Lipinski definition) is 4. The van der Waals surface area contributed by atoms with Gasteiger partial charge < -0.3 is 9.47 Å². The minimum absolute atomic E-state index is 0.0808. The average Bonchev–Trinajstić information content (AvgIpc) is 2.97. The molecule has 0 bridgehead atoms. The van der Waals surface area contributed by atoms with Crippen molar-refractivity contribution < 1.29 is 9.47 Å². The number of halogens is 1. The van der Waals surface area contributed by atoms with Crippen LogP contribution in [0.15, 0.2) is 28.9 Å². The normalized spacial score (nSPS) is 18.3. The molecule has 1 aromatic heterocycles. The van der Waals surface area contributed by atoms with Crippen LogP contribution in [0.5, 0.6) is 0 Å². The number of aromatic nitrogens is 3. The molecular weight excluding hydrogens is 358 g/mol. The summed E-state index contributed by atoms with van der Waals surface area (Å²) in [6, 6.07) is 6.24. The molecule has 3 rings (SSSR count). The van der Waals surface area contributed by atoms with Crippen molar-refractivity contribution in [2.45, 2.75) is 40.0 Å². The maximum Gasteiger partial charge on any atom is 0.177 e. The van der Waals surface area contributed by atoms with Crippen molar-refractivity contribution in [3.05, 3.63) is 34.4 Å². The quantitative estimate of drug-likeness (QED) is 0.812. The fourth-order valence-electron chi connectivity index (χ4n) is 2.60. The Kier molecular flexibility index (Phi) is 4.85. The van der Waals surface area contributed by atoms with Crippen molar-refractivity contribution in [2.75, 3.05) is 13.2 Å². The average molecular weight is 380 g/mol. The van der Waals surface area contributed by atoms with E-state index >= 15 is 0 Å². The van der Waals surface area contributed by atoms with Crippen molar-refractivity contribution in [1.29, 1.82) is 0 Å². The van der Waals surface area contributed by atoms with Gasteiger partial charge in [-0.3, -0.25) is 0 Å². The Balaban J connectivity index is 1.71. The summed E-state index contributed by atoms with van der Waals surface area (Å²) in [5, 5.41) is 8.52. The van der Waals surface area contributed by atoms with Crippen LogP contribution in [0.4, 0.5) is 0 Å². The zero-order valence-electron chi connectivity index (χ0n) is 13.8. The molecule has 6 heteroatoms. The maximum atomic E-state index is 5.76. The van der Waals surface area contributed by atoms with E-state index in [1.165, 1.54) is 5.56 Å². The molecule has 0 radical (unpaired) electrons. The van der Waals surface area contributed by atoms with E-state index in [9.17, 15) is 0 Å². The molecule has 0 atom stereocenters. The van der Waals surface area contributed by atoms with Crippen LogP contribution < -0.4 is 0 Å². The van der Waals surface area contributed by atoms with Crippen molar-refractivity contribution in [3.63, 3.8) is 0 Å². The van der Waals surface area contributed by atoms with E-state index in [1.54, 1.807) is 4.68 Å². The molecule has 1 aliphatic rings. The Morgan fingerprint density at radius 2 is 2.04 bits per heavy atom. The second-order valence-electron chi connectivity index (χ2n) is 6.70. The first-order chi connectivity index (χ1) is 11.0. The van der Waals surface area contributed by atoms with Crippen molar-refractivity contribution in [2.24, 2.45) is 5.41 Å². The van der Waals surface area contributed by atoms with Gasteiger partial charge in [-0.05, 0) is 24.1 Å². The van der Waals surface area contributed by atoms with Gasteiger partial charge in [-0.1, -0.05) is 48.0 Å². The van der Waals surface area contributed by atoms with Crippen LogP contribution >= 0.6 is 15.9 Å². The Labute approximate surface area is 145 Å². The first kappa shape index (κ1) is 16.6. The molecule has 124 valence electrons. The Morgan fingerprint density at radius 1 is 1.30 bits per heavy atom. The molecule has 5 nitrogen and oxygen atoms in total. The van der Waals surface area contributed by atoms with Gasteiger partial charge in [-0.2, -0.15) is 0 Å². The maximum absolute atomic E-state index is 5.76. The zero-order valence-corrected chi connectivity index (χ0v) is 15.3. The summed E-state index contributed by atoms with van der Waals surface area (Å²) >= 11 is 3.52. The summed E-state index contributed by atoms with van der Waals surface area (Å²) in [5.74, 6) is 0. The van der Waals surface area contributed by atoms with E-state index in [4.69, 9.17) is 9.47 Å². The second-order valence-corrected chi connectivity index (χ2v) is 7.61. The molecule has 2 aromatic rings. The van der Waals surface area contributed by atoms with Crippen LogP contribution in [-0.4, -0.2) is 34.5 Å². The van der Waals surface area contributed by atoms with E-state index in [1.807, 2.05) is 12.3 Å². The molecule has 0 amide bonds. The molecule has 1 aromatic carbocycles. The Bertz CT molecular complexity index is 674. The number of hydrogen-bond donors (Lipinski definition) is 0. The van der Waals surface area contributed by atoms with Crippen LogP contribution in [0.25, 0.3) is 11.3 Å². The van der Waals surface area contributed by atoms with Crippen LogP contribution in [0, 0.1) is 5.41 Å². The number of benzene rings is 1. The summed E-state index contributed by atoms with van der Waals surface area (Å²) in [5.41, 5.74) is 3.33. The molecule has 23 heavy (non-hydrogen) atoms. The number of aryl methyl sites for hydroxylation is 1. The topological polar surface area (TPSA) is 49.2 Å². The lowest BCUT2D eigenvalue weighted by Gasteiger charge is -2.34. The van der Waals surface area contributed by atoms with Crippen molar-refractivity contribution in [3.8, 4) is 11.3 Å². The molecule has 0 aliphatic carbocycles. The van der Waals surface area contributed by atoms with Crippen LogP contribution in [0.2, 0.25) is 0 Å². The molecule has 1 fully saturated rings. The van der Waals surface area contributed by atoms with Gasteiger partial charge in [0.1, 0.15) is 5.69 Å². The van der Waals surface area contributed by atoms with E-state index < -0.39 is 0 Å². The first-order valence-electron chi connectivity index (χ1n) is 7.89. The van der Waals surface area contributed by atoms with Gasteiger partial charge in [0.25, 0.3) is 0 Å². The van der Waals surface area contributed by atoms with E-state index in [0.29, 0.717) is 19.8 Å². The standard InChI is InChI=1S/C17H22BrN3O2/c1-4-12-7-13(18)5-6-14(12)15-8-21(20-19-15)9-16-22-10-17(2,3)11-23-16/h5-8,16H,4,9-11H2,1-3H3. The second kappa shape index (κ2) is 6.71. The fourth-order valence-corrected chi connectivity index (χ4v) is 3.01. The molecular formula is C17H22BrN3O2. The SMILES string of the molecule is CCc1cc(Br)ccc1-c1cn(CC2OCC(C)(C)CO2)nn1. The molecule has 2 heterocycles. The number of nitrogens with zero attached hydrogens (tertiary/aromatic N) is 3. The van der Waals surface area contributed by atoms with Gasteiger partial charge in [0.05, 0.1) is 26.0 Å². The highest BCUT2D eigenvalue weighted by atomic mass is 79.9. The molecule has 1 saturated heterocycles. The fraction of sp³-hybridized carbons (Fsp3) is 0.529. The summed E-state index contributed by atoms with van der Waals surface area (Å²) in [6.07, 6.45) is 2.65. The van der Waals surface area contributed by atoms with Crippen LogP contribution in [0.1, 0.15) is 26.3 Å². The lowest BCUT2D eigenvalue weighted by molar-refractivity contribution is -0.227. The lowest BCUT2D eigenvalue weighted by Crippen LogP contribution is -2.39. The first-order valence-corrected chi connectivity index (χ1v) is 8.68. The van der Waals surface area contributed by atoms with Gasteiger partial charge in [0, 0.05) is 15.5 Å². The van der Waals surface area contributed by atoms with Crippen LogP contribution in [-0.2, 0) is 22.4 Å². The largest absolute Gasteiger partial charge is 0.350 e. The molecule has 0 unspecified atom stereocenters. The van der Waals surface area contributed by atoms with E-state index in [0.717, 1.165) is 22.2 Å². The summed E-state index contributed by atoms with van der Waals surface area (Å²) in [7, 11) is 0. The van der Waals surface area contributed by atoms with Gasteiger partial charge in [0.2, 0.25) is 0 Å². The minimum Gasteiger partial charge on any atom is -0.350 e. The third-order valence-corrected chi connectivity index (χ3v) is 4.41. The zero-order chi connectivity index (χ0) is 16.4. The lowest BCUT2D eigenvalue weighted by atomic mass is 9.96. The smallest absolute Gasteiger partial charge is 0.177 e. The third-order valence-electron chi connectivity index (χ3n) is 3.92. The van der Waals surface area contributed by atoms with Gasteiger partial charge >= 0.3 is 0 Å². The summed E-state index contributed by atoms with van der Waals surface area (Å²) in [4.78, 5) is 0. The highest BCUT2D eigenvalue weighted by Gasteiger charge is 2.28. The third kappa shape index (κ3) is 4.00. The highest BCUT2D eigenvalue weighted by molar-refractivity contribution is 9.10. The molecule has 0 saturated carbocycles. The predicted molar refractivity (Wildman–Crippen MR) is 92.0 cm³/mol. The monoisotopic (exact) mass is 379 g/mol. The van der Waals surface area contributed by atoms with Gasteiger partial charge in [-0.15, -0.1) is 5.10 Å². The number of rotatable bonds is 4. The predicted octanol–water partition coefficient (Wildman–Crippen LogP) is 3.67. The van der Waals surface area contributed by atoms with Crippen molar-refractivity contribution >= 4 is 15.9 Å². The van der Waals surface area contributed by atoms with Gasteiger partial charge in [0.15, 0.2) is 6.29 Å². The highest BCUT2D eigenvalue weighted by Crippen LogP contribution is 2.26. The van der Waals surface area contributed by atoms with Gasteiger partial charge in [-0.25, -0.2) is 4.68 Å². The minimum atomic E-state index is -0.256. The van der Waals surface area contributed by atoms with Crippen LogP contribution in [0.3, 0.4) is 0 Å². The summed E-state index contributed by atoms with van der Waals surface area (Å²) < 4.78 is 14.4. The molecule has 1 aliphatic heterocycles. The number of ether oxygens (including phenoxy) is 2. The Hall–Kier alpha value is -1.24. The van der Waals surface area contributed by atoms with E-state index in [-0.39, 0.29) is 11.7 Å². The Morgan fingerprint density at radius 3 is 2.74 bits per heavy atom. The van der Waals surface area contributed by atoms with Crippen molar-refractivity contribution in [1.82, 2.24) is 15.0 Å². The molecule has 0 spiro atoms. The summed E-state index contributed by atoms with van der Waals surface area (Å²) in [6.45, 7) is 8.37. The van der Waals surface area contributed by atoms with E-state index in [2.05, 4.69) is 59.1 Å². The molecule has 0 N–H and O–H groups in total.